The Kier molecular flexibility index (Phi) is 4.31. The summed E-state index contributed by atoms with van der Waals surface area (Å²) in [7, 11) is 0. The first-order valence-electron chi connectivity index (χ1n) is 4.94. The highest BCUT2D eigenvalue weighted by Gasteiger charge is 2.28. The zero-order valence-corrected chi connectivity index (χ0v) is 8.62. The monoisotopic (exact) mass is 202 g/mol. The quantitative estimate of drug-likeness (QED) is 0.539. The van der Waals surface area contributed by atoms with Crippen molar-refractivity contribution in [1.29, 1.82) is 0 Å². The molecule has 1 heterocycles. The van der Waals surface area contributed by atoms with E-state index in [4.69, 9.17) is 4.74 Å². The van der Waals surface area contributed by atoms with Gasteiger partial charge in [0.1, 0.15) is 0 Å². The minimum atomic E-state index is -0.508. The maximum absolute atomic E-state index is 11.3. The lowest BCUT2D eigenvalue weighted by atomic mass is 10.2. The third-order valence-corrected chi connectivity index (χ3v) is 2.26. The second-order valence-electron chi connectivity index (χ2n) is 3.49. The molecule has 0 aromatic rings. The maximum Gasteiger partial charge on any atom is 0.236 e. The molecule has 0 radical (unpaired) electrons. The molecule has 0 bridgehead atoms. The van der Waals surface area contributed by atoms with Gasteiger partial charge < -0.3 is 15.2 Å². The third-order valence-electron chi connectivity index (χ3n) is 2.26. The van der Waals surface area contributed by atoms with E-state index in [1.807, 2.05) is 6.92 Å². The normalized spacial score (nSPS) is 28.8. The fourth-order valence-corrected chi connectivity index (χ4v) is 1.43. The van der Waals surface area contributed by atoms with E-state index in [-0.39, 0.29) is 18.0 Å². The summed E-state index contributed by atoms with van der Waals surface area (Å²) in [4.78, 5) is 11.3. The number of carbonyl (C=O) groups excluding carboxylic acids is 1. The fraction of sp³-hybridized carbons (Fsp3) is 0.889. The summed E-state index contributed by atoms with van der Waals surface area (Å²) in [5, 5.41) is 15.2. The Morgan fingerprint density at radius 1 is 1.64 bits per heavy atom. The van der Waals surface area contributed by atoms with Crippen LogP contribution in [0.4, 0.5) is 0 Å². The van der Waals surface area contributed by atoms with Gasteiger partial charge in [-0.1, -0.05) is 0 Å². The van der Waals surface area contributed by atoms with Crippen LogP contribution in [0.1, 0.15) is 13.8 Å². The van der Waals surface area contributed by atoms with Crippen molar-refractivity contribution < 1.29 is 14.6 Å². The van der Waals surface area contributed by atoms with Gasteiger partial charge in [0.15, 0.2) is 0 Å². The van der Waals surface area contributed by atoms with Gasteiger partial charge in [0.2, 0.25) is 5.91 Å². The SMILES string of the molecule is CCNC(=O)C(C)NC1COCC1O. The topological polar surface area (TPSA) is 70.6 Å². The third kappa shape index (κ3) is 2.94. The van der Waals surface area contributed by atoms with E-state index in [2.05, 4.69) is 10.6 Å². The van der Waals surface area contributed by atoms with Crippen LogP contribution in [0.15, 0.2) is 0 Å². The summed E-state index contributed by atoms with van der Waals surface area (Å²) in [5.41, 5.74) is 0. The molecule has 1 aliphatic heterocycles. The number of hydrogen-bond donors (Lipinski definition) is 3. The molecule has 0 aromatic heterocycles. The minimum absolute atomic E-state index is 0.0494. The Bertz CT molecular complexity index is 198. The summed E-state index contributed by atoms with van der Waals surface area (Å²) in [6, 6.07) is -0.427. The van der Waals surface area contributed by atoms with Gasteiger partial charge in [-0.3, -0.25) is 10.1 Å². The molecule has 1 rings (SSSR count). The molecule has 3 N–H and O–H groups in total. The number of aliphatic hydroxyl groups is 1. The van der Waals surface area contributed by atoms with Crippen molar-refractivity contribution in [2.24, 2.45) is 0 Å². The van der Waals surface area contributed by atoms with Crippen molar-refractivity contribution in [3.63, 3.8) is 0 Å². The molecule has 1 saturated heterocycles. The molecular weight excluding hydrogens is 184 g/mol. The second-order valence-corrected chi connectivity index (χ2v) is 3.49. The number of likely N-dealkylation sites (N-methyl/N-ethyl adjacent to an activating group) is 1. The van der Waals surface area contributed by atoms with Crippen LogP contribution in [0.3, 0.4) is 0 Å². The highest BCUT2D eigenvalue weighted by atomic mass is 16.5. The van der Waals surface area contributed by atoms with E-state index < -0.39 is 6.10 Å². The minimum Gasteiger partial charge on any atom is -0.389 e. The molecule has 5 heteroatoms. The zero-order chi connectivity index (χ0) is 10.6. The van der Waals surface area contributed by atoms with Crippen LogP contribution in [0.2, 0.25) is 0 Å². The molecule has 1 aliphatic rings. The maximum atomic E-state index is 11.3. The highest BCUT2D eigenvalue weighted by Crippen LogP contribution is 2.05. The number of rotatable bonds is 4. The van der Waals surface area contributed by atoms with Gasteiger partial charge in [0.05, 0.1) is 31.4 Å². The number of nitrogens with one attached hydrogen (secondary N) is 2. The standard InChI is InChI=1S/C9H18N2O3/c1-3-10-9(13)6(2)11-7-4-14-5-8(7)12/h6-8,11-12H,3-5H2,1-2H3,(H,10,13). The first-order chi connectivity index (χ1) is 6.65. The first kappa shape index (κ1) is 11.4. The van der Waals surface area contributed by atoms with Crippen molar-refractivity contribution in [3.8, 4) is 0 Å². The molecule has 0 spiro atoms. The Morgan fingerprint density at radius 3 is 2.86 bits per heavy atom. The Hall–Kier alpha value is -0.650. The van der Waals surface area contributed by atoms with Crippen molar-refractivity contribution in [1.82, 2.24) is 10.6 Å². The lowest BCUT2D eigenvalue weighted by Gasteiger charge is -2.19. The van der Waals surface area contributed by atoms with Gasteiger partial charge in [0, 0.05) is 6.54 Å². The predicted molar refractivity (Wildman–Crippen MR) is 51.9 cm³/mol. The van der Waals surface area contributed by atoms with Crippen molar-refractivity contribution in [2.45, 2.75) is 32.0 Å². The largest absolute Gasteiger partial charge is 0.389 e. The van der Waals surface area contributed by atoms with Crippen LogP contribution in [-0.2, 0) is 9.53 Å². The Balaban J connectivity index is 2.32. The zero-order valence-electron chi connectivity index (χ0n) is 8.62. The molecule has 14 heavy (non-hydrogen) atoms. The van der Waals surface area contributed by atoms with E-state index in [1.54, 1.807) is 6.92 Å². The van der Waals surface area contributed by atoms with Crippen LogP contribution in [0, 0.1) is 0 Å². The Labute approximate surface area is 83.8 Å². The molecule has 0 aromatic carbocycles. The van der Waals surface area contributed by atoms with Crippen LogP contribution < -0.4 is 10.6 Å². The second kappa shape index (κ2) is 5.29. The summed E-state index contributed by atoms with van der Waals surface area (Å²) >= 11 is 0. The number of aliphatic hydroxyl groups excluding tert-OH is 1. The summed E-state index contributed by atoms with van der Waals surface area (Å²) in [5.74, 6) is -0.0494. The van der Waals surface area contributed by atoms with Gasteiger partial charge in [-0.25, -0.2) is 0 Å². The van der Waals surface area contributed by atoms with E-state index in [0.29, 0.717) is 19.8 Å². The van der Waals surface area contributed by atoms with Crippen molar-refractivity contribution >= 4 is 5.91 Å². The highest BCUT2D eigenvalue weighted by molar-refractivity contribution is 5.81. The predicted octanol–water partition coefficient (Wildman–Crippen LogP) is -1.14. The number of amides is 1. The summed E-state index contributed by atoms with van der Waals surface area (Å²) in [6.45, 7) is 5.08. The van der Waals surface area contributed by atoms with E-state index in [9.17, 15) is 9.90 Å². The van der Waals surface area contributed by atoms with Crippen LogP contribution in [0.5, 0.6) is 0 Å². The average Bonchev–Trinajstić information content (AvgIpc) is 2.52. The van der Waals surface area contributed by atoms with Crippen LogP contribution in [-0.4, -0.2) is 49.0 Å². The van der Waals surface area contributed by atoms with Gasteiger partial charge in [-0.2, -0.15) is 0 Å². The average molecular weight is 202 g/mol. The number of carbonyl (C=O) groups is 1. The molecule has 5 nitrogen and oxygen atoms in total. The molecule has 3 unspecified atom stereocenters. The molecule has 3 atom stereocenters. The number of ether oxygens (including phenoxy) is 1. The fourth-order valence-electron chi connectivity index (χ4n) is 1.43. The number of hydrogen-bond acceptors (Lipinski definition) is 4. The molecule has 1 fully saturated rings. The molecule has 0 saturated carbocycles. The van der Waals surface area contributed by atoms with Gasteiger partial charge in [-0.15, -0.1) is 0 Å². The first-order valence-corrected chi connectivity index (χ1v) is 4.94. The lowest BCUT2D eigenvalue weighted by molar-refractivity contribution is -0.122. The summed E-state index contributed by atoms with van der Waals surface area (Å²) in [6.07, 6.45) is -0.508. The van der Waals surface area contributed by atoms with Crippen molar-refractivity contribution in [3.05, 3.63) is 0 Å². The van der Waals surface area contributed by atoms with Crippen molar-refractivity contribution in [2.75, 3.05) is 19.8 Å². The van der Waals surface area contributed by atoms with Crippen LogP contribution >= 0.6 is 0 Å². The van der Waals surface area contributed by atoms with E-state index in [0.717, 1.165) is 0 Å². The molecular formula is C9H18N2O3. The smallest absolute Gasteiger partial charge is 0.236 e. The summed E-state index contributed by atoms with van der Waals surface area (Å²) < 4.78 is 5.07. The Morgan fingerprint density at radius 2 is 2.36 bits per heavy atom. The van der Waals surface area contributed by atoms with E-state index >= 15 is 0 Å². The van der Waals surface area contributed by atoms with Gasteiger partial charge >= 0.3 is 0 Å². The van der Waals surface area contributed by atoms with E-state index in [1.165, 1.54) is 0 Å². The van der Waals surface area contributed by atoms with Crippen LogP contribution in [0.25, 0.3) is 0 Å². The molecule has 0 aliphatic carbocycles. The molecule has 1 amide bonds. The molecule has 82 valence electrons. The lowest BCUT2D eigenvalue weighted by Crippen LogP contribution is -2.50. The van der Waals surface area contributed by atoms with Gasteiger partial charge in [-0.05, 0) is 13.8 Å². The van der Waals surface area contributed by atoms with Gasteiger partial charge in [0.25, 0.3) is 0 Å².